The van der Waals surface area contributed by atoms with E-state index in [9.17, 15) is 4.79 Å². The molecule has 0 saturated heterocycles. The number of aryl methyl sites for hydroxylation is 1. The fraction of sp³-hybridized carbons (Fsp3) is 0.200. The van der Waals surface area contributed by atoms with E-state index in [4.69, 9.17) is 0 Å². The van der Waals surface area contributed by atoms with Crippen LogP contribution in [0.5, 0.6) is 0 Å². The lowest BCUT2D eigenvalue weighted by molar-refractivity contribution is 0.456. The zero-order valence-corrected chi connectivity index (χ0v) is 4.42. The Labute approximate surface area is 46.0 Å². The van der Waals surface area contributed by atoms with Gasteiger partial charge in [-0.2, -0.15) is 0 Å². The molecule has 0 aromatic carbocycles. The molecule has 8 heavy (non-hydrogen) atoms. The van der Waals surface area contributed by atoms with Crippen LogP contribution >= 0.6 is 0 Å². The molecule has 0 bridgehead atoms. The summed E-state index contributed by atoms with van der Waals surface area (Å²) in [5, 5.41) is 0. The van der Waals surface area contributed by atoms with Crippen molar-refractivity contribution in [3.8, 4) is 0 Å². The Hall–Kier alpha value is -1.12. The predicted octanol–water partition coefficient (Wildman–Crippen LogP) is 0.343. The van der Waals surface area contributed by atoms with Crippen LogP contribution in [0, 0.1) is 6.92 Å². The molecule has 1 aromatic heterocycles. The first kappa shape index (κ1) is 5.03. The third kappa shape index (κ3) is 0.932. The molecule has 0 aliphatic carbocycles. The zero-order chi connectivity index (χ0) is 5.98. The van der Waals surface area contributed by atoms with E-state index < -0.39 is 0 Å². The van der Waals surface area contributed by atoms with Crippen molar-refractivity contribution in [1.82, 2.24) is 4.98 Å². The second kappa shape index (κ2) is 1.78. The molecule has 42 valence electrons. The second-order valence-electron chi connectivity index (χ2n) is 1.38. The highest BCUT2D eigenvalue weighted by atomic mass is 16.4. The number of nitrogens with zero attached hydrogens (tertiary/aromatic N) is 1. The molecule has 0 aliphatic rings. The summed E-state index contributed by atoms with van der Waals surface area (Å²) in [6.45, 7) is 1.63. The third-order valence-corrected chi connectivity index (χ3v) is 0.715. The molecule has 0 aliphatic heterocycles. The zero-order valence-electron chi connectivity index (χ0n) is 4.42. The molecule has 0 atom stereocenters. The summed E-state index contributed by atoms with van der Waals surface area (Å²) < 4.78 is 4.51. The van der Waals surface area contributed by atoms with Crippen LogP contribution in [0.2, 0.25) is 0 Å². The molecule has 1 heterocycles. The van der Waals surface area contributed by atoms with E-state index in [0.717, 1.165) is 0 Å². The minimum Gasteiger partial charge on any atom is -0.409 e. The Kier molecular flexibility index (Phi) is 1.12. The molecule has 0 unspecified atom stereocenters. The minimum absolute atomic E-state index is 0.350. The Morgan fingerprint density at radius 1 is 1.75 bits per heavy atom. The Morgan fingerprint density at radius 3 is 2.88 bits per heavy atom. The summed E-state index contributed by atoms with van der Waals surface area (Å²) in [6.07, 6.45) is 1.42. The van der Waals surface area contributed by atoms with Gasteiger partial charge in [-0.3, -0.25) is 0 Å². The predicted molar refractivity (Wildman–Crippen MR) is 27.5 cm³/mol. The van der Waals surface area contributed by atoms with E-state index in [1.807, 2.05) is 0 Å². The quantitative estimate of drug-likeness (QED) is 0.485. The highest BCUT2D eigenvalue weighted by Crippen LogP contribution is 1.79. The summed E-state index contributed by atoms with van der Waals surface area (Å²) in [6, 6.07) is 1.27. The highest BCUT2D eigenvalue weighted by Gasteiger charge is 1.83. The van der Waals surface area contributed by atoms with Crippen LogP contribution in [0.1, 0.15) is 5.89 Å². The summed E-state index contributed by atoms with van der Waals surface area (Å²) in [5.74, 6) is 0.400. The molecular weight excluding hydrogens is 106 g/mol. The van der Waals surface area contributed by atoms with E-state index >= 15 is 0 Å². The van der Waals surface area contributed by atoms with Crippen LogP contribution in [0.4, 0.5) is 0 Å². The Bertz CT molecular complexity index is 228. The first-order chi connectivity index (χ1) is 3.79. The van der Waals surface area contributed by atoms with Gasteiger partial charge in [-0.05, 0) is 0 Å². The second-order valence-corrected chi connectivity index (χ2v) is 1.38. The summed E-state index contributed by atoms with van der Waals surface area (Å²) >= 11 is 0. The normalized spacial score (nSPS) is 9.12. The van der Waals surface area contributed by atoms with Crippen LogP contribution < -0.4 is 5.63 Å². The molecule has 3 heteroatoms. The molecule has 0 radical (unpaired) electrons. The van der Waals surface area contributed by atoms with Gasteiger partial charge in [0.15, 0.2) is 5.89 Å². The van der Waals surface area contributed by atoms with Crippen LogP contribution in [0.25, 0.3) is 0 Å². The number of rotatable bonds is 0. The van der Waals surface area contributed by atoms with Gasteiger partial charge in [-0.15, -0.1) is 0 Å². The molecule has 0 N–H and O–H groups in total. The largest absolute Gasteiger partial charge is 0.409 e. The van der Waals surface area contributed by atoms with Crippen molar-refractivity contribution in [3.63, 3.8) is 0 Å². The first-order valence-corrected chi connectivity index (χ1v) is 2.22. The molecule has 0 amide bonds. The van der Waals surface area contributed by atoms with Crippen molar-refractivity contribution in [2.45, 2.75) is 6.92 Å². The van der Waals surface area contributed by atoms with Gasteiger partial charge < -0.3 is 4.42 Å². The molecule has 3 nitrogen and oxygen atoms in total. The smallest absolute Gasteiger partial charge is 0.338 e. The van der Waals surface area contributed by atoms with Gasteiger partial charge in [0, 0.05) is 19.2 Å². The van der Waals surface area contributed by atoms with Gasteiger partial charge in [0.2, 0.25) is 0 Å². The molecule has 0 spiro atoms. The highest BCUT2D eigenvalue weighted by molar-refractivity contribution is 4.79. The van der Waals surface area contributed by atoms with Gasteiger partial charge >= 0.3 is 5.63 Å². The van der Waals surface area contributed by atoms with Crippen molar-refractivity contribution in [1.29, 1.82) is 0 Å². The lowest BCUT2D eigenvalue weighted by atomic mass is 10.7. The van der Waals surface area contributed by atoms with Gasteiger partial charge in [0.05, 0.1) is 0 Å². The van der Waals surface area contributed by atoms with Crippen LogP contribution in [0.15, 0.2) is 21.5 Å². The van der Waals surface area contributed by atoms with Crippen molar-refractivity contribution < 1.29 is 4.42 Å². The maximum absolute atomic E-state index is 10.3. The topological polar surface area (TPSA) is 43.1 Å². The lowest BCUT2D eigenvalue weighted by Crippen LogP contribution is -1.96. The number of hydrogen-bond donors (Lipinski definition) is 0. The van der Waals surface area contributed by atoms with Crippen LogP contribution in [-0.4, -0.2) is 4.98 Å². The van der Waals surface area contributed by atoms with Crippen molar-refractivity contribution in [2.24, 2.45) is 0 Å². The van der Waals surface area contributed by atoms with Crippen molar-refractivity contribution in [3.05, 3.63) is 28.6 Å². The van der Waals surface area contributed by atoms with Crippen LogP contribution in [0.3, 0.4) is 0 Å². The molecule has 0 fully saturated rings. The standard InChI is InChI=1S/C5H5NO2/c1-4-6-3-2-5(7)8-4/h2-3H,1H3. The molecule has 0 saturated carbocycles. The van der Waals surface area contributed by atoms with Gasteiger partial charge in [0.25, 0.3) is 0 Å². The van der Waals surface area contributed by atoms with Crippen molar-refractivity contribution in [2.75, 3.05) is 0 Å². The SMILES string of the molecule is Cc1nccc(=O)o1. The Morgan fingerprint density at radius 2 is 2.50 bits per heavy atom. The summed E-state index contributed by atoms with van der Waals surface area (Å²) in [4.78, 5) is 14.0. The van der Waals surface area contributed by atoms with E-state index in [1.165, 1.54) is 12.3 Å². The number of aromatic nitrogens is 1. The summed E-state index contributed by atoms with van der Waals surface area (Å²) in [7, 11) is 0. The maximum atomic E-state index is 10.3. The monoisotopic (exact) mass is 111 g/mol. The van der Waals surface area contributed by atoms with E-state index in [1.54, 1.807) is 6.92 Å². The molecular formula is C5H5NO2. The average Bonchev–Trinajstić information content (AvgIpc) is 1.64. The summed E-state index contributed by atoms with van der Waals surface area (Å²) in [5.41, 5.74) is -0.350. The van der Waals surface area contributed by atoms with E-state index in [2.05, 4.69) is 9.40 Å². The molecule has 1 rings (SSSR count). The maximum Gasteiger partial charge on any atom is 0.338 e. The fourth-order valence-electron chi connectivity index (χ4n) is 0.409. The molecule has 1 aromatic rings. The minimum atomic E-state index is -0.350. The van der Waals surface area contributed by atoms with Crippen LogP contribution in [-0.2, 0) is 0 Å². The third-order valence-electron chi connectivity index (χ3n) is 0.715. The van der Waals surface area contributed by atoms with Crippen molar-refractivity contribution >= 4 is 0 Å². The van der Waals surface area contributed by atoms with Gasteiger partial charge in [-0.25, -0.2) is 9.78 Å². The van der Waals surface area contributed by atoms with E-state index in [0.29, 0.717) is 5.89 Å². The first-order valence-electron chi connectivity index (χ1n) is 2.22. The lowest BCUT2D eigenvalue weighted by Gasteiger charge is -1.82. The Balaban J connectivity index is 3.28. The average molecular weight is 111 g/mol. The number of hydrogen-bond acceptors (Lipinski definition) is 3. The van der Waals surface area contributed by atoms with Gasteiger partial charge in [0.1, 0.15) is 0 Å². The fourth-order valence-corrected chi connectivity index (χ4v) is 0.409. The van der Waals surface area contributed by atoms with Gasteiger partial charge in [-0.1, -0.05) is 0 Å². The van der Waals surface area contributed by atoms with E-state index in [-0.39, 0.29) is 5.63 Å².